The Kier molecular flexibility index (Phi) is 5.08. The molecule has 0 radical (unpaired) electrons. The Morgan fingerprint density at radius 1 is 1.44 bits per heavy atom. The second kappa shape index (κ2) is 7.43. The van der Waals surface area contributed by atoms with Crippen LogP contribution >= 0.6 is 0 Å². The molecule has 1 saturated heterocycles. The molecule has 1 aromatic heterocycles. The maximum atomic E-state index is 14.1. The molecule has 25 heavy (non-hydrogen) atoms. The largest absolute Gasteiger partial charge is 0.459 e. The summed E-state index contributed by atoms with van der Waals surface area (Å²) in [4.78, 5) is 22.7. The number of hydrogen-bond acceptors (Lipinski definition) is 6. The third-order valence-corrected chi connectivity index (χ3v) is 4.05. The van der Waals surface area contributed by atoms with Crippen molar-refractivity contribution in [3.8, 4) is 6.01 Å². The van der Waals surface area contributed by atoms with E-state index >= 15 is 0 Å². The van der Waals surface area contributed by atoms with Crippen molar-refractivity contribution < 1.29 is 13.9 Å². The highest BCUT2D eigenvalue weighted by molar-refractivity contribution is 5.75. The Hall–Kier alpha value is -2.74. The molecule has 0 saturated carbocycles. The van der Waals surface area contributed by atoms with Crippen molar-refractivity contribution in [2.45, 2.75) is 12.5 Å². The molecule has 1 aromatic carbocycles. The van der Waals surface area contributed by atoms with E-state index in [1.807, 2.05) is 35.2 Å². The maximum absolute atomic E-state index is 14.1. The fraction of sp³-hybridized carbons (Fsp3) is 0.353. The number of nitrogens with two attached hydrogens (primary N) is 1. The van der Waals surface area contributed by atoms with Gasteiger partial charge in [-0.1, -0.05) is 18.2 Å². The third-order valence-electron chi connectivity index (χ3n) is 4.05. The first-order valence-electron chi connectivity index (χ1n) is 8.01. The molecule has 0 spiro atoms. The standard InChI is InChI=1S/C17H20FN5O2/c1-22(12-5-3-2-4-6-12)16-14(18)9-20-17(21-16)25-13-7-8-23(10-13)11-15(19)24/h2-6,9,13H,7-8,10-11H2,1H3,(H2,19,24). The van der Waals surface area contributed by atoms with Gasteiger partial charge >= 0.3 is 6.01 Å². The number of amides is 1. The van der Waals surface area contributed by atoms with Crippen LogP contribution < -0.4 is 15.4 Å². The van der Waals surface area contributed by atoms with Gasteiger partial charge in [-0.25, -0.2) is 9.37 Å². The molecule has 132 valence electrons. The van der Waals surface area contributed by atoms with Crippen LogP contribution in [0.4, 0.5) is 15.9 Å². The van der Waals surface area contributed by atoms with Gasteiger partial charge in [0.2, 0.25) is 5.91 Å². The predicted octanol–water partition coefficient (Wildman–Crippen LogP) is 1.32. The average molecular weight is 345 g/mol. The highest BCUT2D eigenvalue weighted by atomic mass is 19.1. The summed E-state index contributed by atoms with van der Waals surface area (Å²) in [5.74, 6) is -0.755. The van der Waals surface area contributed by atoms with Crippen LogP contribution in [0.3, 0.4) is 0 Å². The smallest absolute Gasteiger partial charge is 0.318 e. The number of likely N-dealkylation sites (tertiary alicyclic amines) is 1. The maximum Gasteiger partial charge on any atom is 0.318 e. The Balaban J connectivity index is 1.71. The van der Waals surface area contributed by atoms with Crippen LogP contribution in [0.5, 0.6) is 6.01 Å². The lowest BCUT2D eigenvalue weighted by Crippen LogP contribution is -2.33. The number of nitrogens with zero attached hydrogens (tertiary/aromatic N) is 4. The quantitative estimate of drug-likeness (QED) is 0.850. The van der Waals surface area contributed by atoms with Crippen molar-refractivity contribution in [2.24, 2.45) is 5.73 Å². The van der Waals surface area contributed by atoms with Gasteiger partial charge in [-0.3, -0.25) is 9.69 Å². The van der Waals surface area contributed by atoms with Crippen LogP contribution in [0.15, 0.2) is 36.5 Å². The van der Waals surface area contributed by atoms with Gasteiger partial charge in [0.25, 0.3) is 0 Å². The summed E-state index contributed by atoms with van der Waals surface area (Å²) < 4.78 is 19.9. The molecule has 0 aliphatic carbocycles. The molecule has 1 amide bonds. The van der Waals surface area contributed by atoms with Crippen molar-refractivity contribution >= 4 is 17.4 Å². The van der Waals surface area contributed by atoms with Crippen LogP contribution in [0.1, 0.15) is 6.42 Å². The third kappa shape index (κ3) is 4.21. The van der Waals surface area contributed by atoms with Gasteiger partial charge in [0.05, 0.1) is 12.7 Å². The van der Waals surface area contributed by atoms with Gasteiger partial charge in [-0.2, -0.15) is 4.98 Å². The van der Waals surface area contributed by atoms with E-state index in [9.17, 15) is 9.18 Å². The molecule has 1 atom stereocenters. The Morgan fingerprint density at radius 3 is 2.92 bits per heavy atom. The summed E-state index contributed by atoms with van der Waals surface area (Å²) in [5, 5.41) is 0. The summed E-state index contributed by atoms with van der Waals surface area (Å²) >= 11 is 0. The molecule has 1 aliphatic heterocycles. The van der Waals surface area contributed by atoms with Crippen molar-refractivity contribution in [2.75, 3.05) is 31.6 Å². The highest BCUT2D eigenvalue weighted by Crippen LogP contribution is 2.25. The SMILES string of the molecule is CN(c1ccccc1)c1nc(OC2CCN(CC(N)=O)C2)ncc1F. The van der Waals surface area contributed by atoms with Crippen LogP contribution in [0, 0.1) is 5.82 Å². The first kappa shape index (κ1) is 17.1. The lowest BCUT2D eigenvalue weighted by atomic mass is 10.3. The van der Waals surface area contributed by atoms with Crippen LogP contribution in [0.2, 0.25) is 0 Å². The molecular formula is C17H20FN5O2. The zero-order valence-corrected chi connectivity index (χ0v) is 13.9. The first-order chi connectivity index (χ1) is 12.0. The topological polar surface area (TPSA) is 84.6 Å². The summed E-state index contributed by atoms with van der Waals surface area (Å²) in [5.41, 5.74) is 6.01. The van der Waals surface area contributed by atoms with Gasteiger partial charge in [0, 0.05) is 25.8 Å². The summed E-state index contributed by atoms with van der Waals surface area (Å²) in [6, 6.07) is 9.47. The van der Waals surface area contributed by atoms with Gasteiger partial charge in [0.1, 0.15) is 6.10 Å². The Labute approximate surface area is 145 Å². The van der Waals surface area contributed by atoms with Gasteiger partial charge in [-0.05, 0) is 18.6 Å². The lowest BCUT2D eigenvalue weighted by molar-refractivity contribution is -0.118. The molecule has 1 aliphatic rings. The zero-order valence-electron chi connectivity index (χ0n) is 13.9. The van der Waals surface area contributed by atoms with E-state index in [1.165, 1.54) is 0 Å². The van der Waals surface area contributed by atoms with E-state index in [0.717, 1.165) is 18.3 Å². The average Bonchev–Trinajstić information content (AvgIpc) is 3.03. The monoisotopic (exact) mass is 345 g/mol. The number of hydrogen-bond donors (Lipinski definition) is 1. The van der Waals surface area contributed by atoms with E-state index < -0.39 is 5.82 Å². The van der Waals surface area contributed by atoms with Crippen molar-refractivity contribution in [1.82, 2.24) is 14.9 Å². The van der Waals surface area contributed by atoms with Crippen LogP contribution in [0.25, 0.3) is 0 Å². The minimum Gasteiger partial charge on any atom is -0.459 e. The number of primary amides is 1. The van der Waals surface area contributed by atoms with Gasteiger partial charge < -0.3 is 15.4 Å². The van der Waals surface area contributed by atoms with E-state index in [1.54, 1.807) is 11.9 Å². The summed E-state index contributed by atoms with van der Waals surface area (Å²) in [6.45, 7) is 1.48. The van der Waals surface area contributed by atoms with E-state index in [0.29, 0.717) is 13.1 Å². The number of rotatable bonds is 6. The van der Waals surface area contributed by atoms with E-state index in [2.05, 4.69) is 9.97 Å². The van der Waals surface area contributed by atoms with Crippen LogP contribution in [-0.4, -0.2) is 53.6 Å². The number of benzene rings is 1. The minimum atomic E-state index is -0.527. The normalized spacial score (nSPS) is 17.4. The molecular weight excluding hydrogens is 325 g/mol. The lowest BCUT2D eigenvalue weighted by Gasteiger charge is -2.20. The molecule has 7 nitrogen and oxygen atoms in total. The van der Waals surface area contributed by atoms with Crippen molar-refractivity contribution in [3.63, 3.8) is 0 Å². The number of ether oxygens (including phenoxy) is 1. The number of para-hydroxylation sites is 1. The fourth-order valence-corrected chi connectivity index (χ4v) is 2.81. The second-order valence-electron chi connectivity index (χ2n) is 5.95. The van der Waals surface area contributed by atoms with Gasteiger partial charge in [-0.15, -0.1) is 0 Å². The Bertz CT molecular complexity index is 743. The van der Waals surface area contributed by atoms with Gasteiger partial charge in [0.15, 0.2) is 11.6 Å². The first-order valence-corrected chi connectivity index (χ1v) is 8.01. The van der Waals surface area contributed by atoms with Crippen molar-refractivity contribution in [1.29, 1.82) is 0 Å². The number of carbonyl (C=O) groups is 1. The Morgan fingerprint density at radius 2 is 2.20 bits per heavy atom. The molecule has 2 N–H and O–H groups in total. The number of halogens is 1. The molecule has 2 aromatic rings. The molecule has 1 fully saturated rings. The number of anilines is 2. The molecule has 8 heteroatoms. The number of aromatic nitrogens is 2. The predicted molar refractivity (Wildman–Crippen MR) is 91.2 cm³/mol. The second-order valence-corrected chi connectivity index (χ2v) is 5.95. The van der Waals surface area contributed by atoms with E-state index in [4.69, 9.17) is 10.5 Å². The van der Waals surface area contributed by atoms with Crippen molar-refractivity contribution in [3.05, 3.63) is 42.3 Å². The molecule has 3 rings (SSSR count). The fourth-order valence-electron chi connectivity index (χ4n) is 2.81. The zero-order chi connectivity index (χ0) is 17.8. The summed E-state index contributed by atoms with van der Waals surface area (Å²) in [6.07, 6.45) is 1.69. The molecule has 2 heterocycles. The highest BCUT2D eigenvalue weighted by Gasteiger charge is 2.26. The molecule has 1 unspecified atom stereocenters. The number of carbonyl (C=O) groups excluding carboxylic acids is 1. The summed E-state index contributed by atoms with van der Waals surface area (Å²) in [7, 11) is 1.73. The van der Waals surface area contributed by atoms with E-state index in [-0.39, 0.29) is 30.4 Å². The van der Waals surface area contributed by atoms with Crippen LogP contribution in [-0.2, 0) is 4.79 Å². The molecule has 0 bridgehead atoms. The minimum absolute atomic E-state index is 0.116.